The van der Waals surface area contributed by atoms with Crippen LogP contribution >= 0.6 is 0 Å². The van der Waals surface area contributed by atoms with Gasteiger partial charge < -0.3 is 9.97 Å². The molecule has 2 aliphatic heterocycles. The van der Waals surface area contributed by atoms with Gasteiger partial charge in [0, 0.05) is 74.1 Å². The van der Waals surface area contributed by atoms with Crippen LogP contribution in [0.3, 0.4) is 0 Å². The Labute approximate surface area is 212 Å². The summed E-state index contributed by atoms with van der Waals surface area (Å²) in [7, 11) is 0. The maximum absolute atomic E-state index is 5.11. The second-order valence-electron chi connectivity index (χ2n) is 11.9. The molecule has 0 aliphatic carbocycles. The van der Waals surface area contributed by atoms with E-state index in [0.29, 0.717) is 0 Å². The third-order valence-electron chi connectivity index (χ3n) is 7.67. The number of hydrogen-bond acceptors (Lipinski definition) is 2. The minimum Gasteiger partial charge on any atom is -0.355 e. The number of fused-ring (bicyclic) bond motifs is 8. The number of nitrogens with zero attached hydrogens (tertiary/aromatic N) is 2. The summed E-state index contributed by atoms with van der Waals surface area (Å²) in [5.41, 5.74) is 13.6. The Morgan fingerprint density at radius 2 is 1.17 bits per heavy atom. The molecule has 2 aliphatic rings. The van der Waals surface area contributed by atoms with Gasteiger partial charge in [-0.2, -0.15) is 0 Å². The maximum Gasteiger partial charge on any atom is 0.0487 e. The molecule has 0 saturated carbocycles. The molecule has 0 unspecified atom stereocenters. The summed E-state index contributed by atoms with van der Waals surface area (Å²) in [6.45, 7) is 13.4. The standard InChI is InChI=1S/C32H34N4/c1-19-7-9-21(10-8-19)26-14-23-13-25-18-31(3,4)29(35-25)15-27-20(2)11-22(33-27)12-24-17-32(5,6)30(36-24)16-28(26)34-23/h7-16,33-34H,17-18H2,1-6H3. The average Bonchev–Trinajstić information content (AvgIpc) is 3.49. The van der Waals surface area contributed by atoms with Gasteiger partial charge in [0.25, 0.3) is 0 Å². The van der Waals surface area contributed by atoms with Crippen LogP contribution in [0.25, 0.3) is 33.2 Å². The van der Waals surface area contributed by atoms with Gasteiger partial charge >= 0.3 is 0 Å². The van der Waals surface area contributed by atoms with Crippen molar-refractivity contribution in [2.45, 2.75) is 65.2 Å². The zero-order valence-corrected chi connectivity index (χ0v) is 22.1. The van der Waals surface area contributed by atoms with Crippen LogP contribution in [0.1, 0.15) is 61.6 Å². The first kappa shape index (κ1) is 22.8. The largest absolute Gasteiger partial charge is 0.355 e. The molecule has 5 heterocycles. The van der Waals surface area contributed by atoms with Crippen molar-refractivity contribution in [1.82, 2.24) is 19.9 Å². The number of nitrogens with one attached hydrogen (secondary N) is 2. The lowest BCUT2D eigenvalue weighted by Gasteiger charge is -2.15. The third-order valence-corrected chi connectivity index (χ3v) is 7.67. The zero-order chi connectivity index (χ0) is 25.2. The summed E-state index contributed by atoms with van der Waals surface area (Å²) in [6.07, 6.45) is 1.82. The number of benzene rings is 1. The molecule has 0 fully saturated rings. The molecule has 4 heteroatoms. The van der Waals surface area contributed by atoms with Crippen molar-refractivity contribution in [2.75, 3.05) is 0 Å². The summed E-state index contributed by atoms with van der Waals surface area (Å²) < 4.78 is 0. The number of hydrogen-bond donors (Lipinski definition) is 2. The van der Waals surface area contributed by atoms with Gasteiger partial charge in [-0.15, -0.1) is 0 Å². The van der Waals surface area contributed by atoms with Crippen LogP contribution in [-0.4, -0.2) is 19.9 Å². The van der Waals surface area contributed by atoms with E-state index in [2.05, 4.69) is 112 Å². The molecule has 0 saturated heterocycles. The molecule has 2 N–H and O–H groups in total. The Hall–Kier alpha value is -3.66. The highest BCUT2D eigenvalue weighted by atomic mass is 14.8. The van der Waals surface area contributed by atoms with Crippen LogP contribution in [-0.2, 0) is 23.7 Å². The molecule has 182 valence electrons. The van der Waals surface area contributed by atoms with Gasteiger partial charge in [0.15, 0.2) is 0 Å². The molecular formula is C32H34N4. The molecule has 0 spiro atoms. The minimum absolute atomic E-state index is 0.0222. The van der Waals surface area contributed by atoms with Gasteiger partial charge in [-0.25, -0.2) is 0 Å². The Balaban J connectivity index is 1.70. The van der Waals surface area contributed by atoms with Gasteiger partial charge in [0.2, 0.25) is 0 Å². The van der Waals surface area contributed by atoms with Gasteiger partial charge in [0.05, 0.1) is 0 Å². The lowest BCUT2D eigenvalue weighted by molar-refractivity contribution is 0.543. The normalized spacial score (nSPS) is 16.3. The van der Waals surface area contributed by atoms with Crippen molar-refractivity contribution >= 4 is 22.1 Å². The van der Waals surface area contributed by atoms with Crippen molar-refractivity contribution in [2.24, 2.45) is 0 Å². The molecular weight excluding hydrogens is 440 g/mol. The summed E-state index contributed by atoms with van der Waals surface area (Å²) in [5.74, 6) is 0. The number of aromatic amines is 2. The first-order valence-electron chi connectivity index (χ1n) is 12.8. The Morgan fingerprint density at radius 1 is 0.639 bits per heavy atom. The van der Waals surface area contributed by atoms with Gasteiger partial charge in [-0.3, -0.25) is 9.97 Å². The van der Waals surface area contributed by atoms with E-state index in [1.54, 1.807) is 0 Å². The highest BCUT2D eigenvalue weighted by Crippen LogP contribution is 2.35. The smallest absolute Gasteiger partial charge is 0.0487 e. The van der Waals surface area contributed by atoms with Crippen LogP contribution < -0.4 is 0 Å². The predicted molar refractivity (Wildman–Crippen MR) is 149 cm³/mol. The molecule has 4 aromatic rings. The summed E-state index contributed by atoms with van der Waals surface area (Å²) in [5, 5.41) is 0. The summed E-state index contributed by atoms with van der Waals surface area (Å²) in [4.78, 5) is 17.5. The van der Waals surface area contributed by atoms with Crippen molar-refractivity contribution in [3.05, 3.63) is 94.6 Å². The number of H-pyrrole nitrogens is 2. The third kappa shape index (κ3) is 4.05. The molecule has 6 rings (SSSR count). The summed E-state index contributed by atoms with van der Waals surface area (Å²) in [6, 6.07) is 22.1. The fraction of sp³-hybridized carbons (Fsp3) is 0.312. The van der Waals surface area contributed by atoms with Crippen molar-refractivity contribution in [3.63, 3.8) is 0 Å². The van der Waals surface area contributed by atoms with E-state index in [1.165, 1.54) is 22.3 Å². The van der Waals surface area contributed by atoms with Crippen LogP contribution in [0.5, 0.6) is 0 Å². The fourth-order valence-electron chi connectivity index (χ4n) is 5.52. The van der Waals surface area contributed by atoms with Crippen LogP contribution in [0, 0.1) is 13.8 Å². The Morgan fingerprint density at radius 3 is 1.78 bits per heavy atom. The first-order chi connectivity index (χ1) is 17.1. The predicted octanol–water partition coefficient (Wildman–Crippen LogP) is 7.64. The van der Waals surface area contributed by atoms with Crippen molar-refractivity contribution in [1.29, 1.82) is 0 Å². The van der Waals surface area contributed by atoms with E-state index in [1.807, 2.05) is 0 Å². The molecule has 0 radical (unpaired) electrons. The van der Waals surface area contributed by atoms with Crippen LogP contribution in [0.2, 0.25) is 0 Å². The van der Waals surface area contributed by atoms with Gasteiger partial charge in [-0.1, -0.05) is 57.5 Å². The van der Waals surface area contributed by atoms with E-state index >= 15 is 0 Å². The highest BCUT2D eigenvalue weighted by molar-refractivity contribution is 5.85. The minimum atomic E-state index is -0.0427. The molecule has 8 bridgehead atoms. The summed E-state index contributed by atoms with van der Waals surface area (Å²) >= 11 is 0. The van der Waals surface area contributed by atoms with E-state index in [-0.39, 0.29) is 10.8 Å². The lowest BCUT2D eigenvalue weighted by Crippen LogP contribution is -2.15. The number of aromatic nitrogens is 4. The highest BCUT2D eigenvalue weighted by Gasteiger charge is 2.30. The van der Waals surface area contributed by atoms with E-state index in [4.69, 9.17) is 9.97 Å². The van der Waals surface area contributed by atoms with Gasteiger partial charge in [0.1, 0.15) is 0 Å². The lowest BCUT2D eigenvalue weighted by atomic mass is 9.87. The molecule has 4 nitrogen and oxygen atoms in total. The second kappa shape index (κ2) is 7.92. The van der Waals surface area contributed by atoms with Crippen LogP contribution in [0.4, 0.5) is 0 Å². The second-order valence-corrected chi connectivity index (χ2v) is 11.9. The number of aryl methyl sites for hydroxylation is 2. The van der Waals surface area contributed by atoms with E-state index < -0.39 is 0 Å². The quantitative estimate of drug-likeness (QED) is 0.298. The molecule has 3 aromatic heterocycles. The maximum atomic E-state index is 5.11. The molecule has 1 aromatic carbocycles. The average molecular weight is 475 g/mol. The van der Waals surface area contributed by atoms with E-state index in [9.17, 15) is 0 Å². The van der Waals surface area contributed by atoms with E-state index in [0.717, 1.165) is 57.7 Å². The Bertz CT molecular complexity index is 1650. The molecule has 36 heavy (non-hydrogen) atoms. The zero-order valence-electron chi connectivity index (χ0n) is 22.1. The topological polar surface area (TPSA) is 57.4 Å². The Kier molecular flexibility index (Phi) is 5.01. The monoisotopic (exact) mass is 474 g/mol. The van der Waals surface area contributed by atoms with Gasteiger partial charge in [-0.05, 0) is 61.4 Å². The fourth-order valence-corrected chi connectivity index (χ4v) is 5.52. The van der Waals surface area contributed by atoms with Crippen molar-refractivity contribution in [3.8, 4) is 11.1 Å². The number of rotatable bonds is 1. The SMILES string of the molecule is Cc1ccc(-c2cc3cc4nc(cc5[nH]c(cc6nc(cc2[nH]3)C(C)(C)C6)cc5C)C(C)(C)C4)cc1. The first-order valence-corrected chi connectivity index (χ1v) is 12.8. The van der Waals surface area contributed by atoms with Crippen molar-refractivity contribution < 1.29 is 0 Å². The molecule has 0 amide bonds. The molecule has 0 atom stereocenters. The van der Waals surface area contributed by atoms with Crippen LogP contribution in [0.15, 0.2) is 60.7 Å².